The van der Waals surface area contributed by atoms with E-state index in [1.165, 1.54) is 5.69 Å². The molecule has 3 aromatic rings. The van der Waals surface area contributed by atoms with Crippen LogP contribution in [0.1, 0.15) is 33.6 Å². The average molecular weight is 407 g/mol. The van der Waals surface area contributed by atoms with Gasteiger partial charge < -0.3 is 19.5 Å². The van der Waals surface area contributed by atoms with E-state index in [9.17, 15) is 4.79 Å². The van der Waals surface area contributed by atoms with Crippen molar-refractivity contribution in [2.24, 2.45) is 7.05 Å². The number of fused-ring (bicyclic) bond motifs is 1. The standard InChI is InChI=1S/C24H30N4O2/c1-24(2,3)30-23(29)25-18-12-14-28(15-13-18)19-9-7-8-17(16-19)22-26-20-10-5-6-11-21(20)27(22)4/h5-11,16,18H,12-15H2,1-4H3,(H,25,29). The summed E-state index contributed by atoms with van der Waals surface area (Å²) in [5.41, 5.74) is 3.97. The summed E-state index contributed by atoms with van der Waals surface area (Å²) in [5, 5.41) is 3.01. The van der Waals surface area contributed by atoms with Gasteiger partial charge in [0.2, 0.25) is 0 Å². The number of nitrogens with one attached hydrogen (secondary N) is 1. The minimum atomic E-state index is -0.471. The number of carbonyl (C=O) groups excluding carboxylic acids is 1. The van der Waals surface area contributed by atoms with Crippen molar-refractivity contribution in [3.8, 4) is 11.4 Å². The van der Waals surface area contributed by atoms with Crippen molar-refractivity contribution in [1.29, 1.82) is 0 Å². The number of para-hydroxylation sites is 2. The van der Waals surface area contributed by atoms with Gasteiger partial charge in [-0.25, -0.2) is 9.78 Å². The summed E-state index contributed by atoms with van der Waals surface area (Å²) in [6.07, 6.45) is 1.47. The fraction of sp³-hybridized carbons (Fsp3) is 0.417. The number of alkyl carbamates (subject to hydrolysis) is 1. The minimum absolute atomic E-state index is 0.152. The zero-order valence-corrected chi connectivity index (χ0v) is 18.2. The molecule has 0 bridgehead atoms. The van der Waals surface area contributed by atoms with E-state index in [1.807, 2.05) is 39.0 Å². The molecule has 1 aliphatic heterocycles. The Morgan fingerprint density at radius 3 is 2.53 bits per heavy atom. The first-order chi connectivity index (χ1) is 14.3. The van der Waals surface area contributed by atoms with Crippen molar-refractivity contribution in [3.05, 3.63) is 48.5 Å². The van der Waals surface area contributed by atoms with E-state index in [4.69, 9.17) is 9.72 Å². The number of anilines is 1. The van der Waals surface area contributed by atoms with Gasteiger partial charge in [-0.2, -0.15) is 0 Å². The van der Waals surface area contributed by atoms with Gasteiger partial charge in [-0.3, -0.25) is 0 Å². The number of aryl methyl sites for hydroxylation is 1. The van der Waals surface area contributed by atoms with Crippen LogP contribution in [0.2, 0.25) is 0 Å². The third-order valence-electron chi connectivity index (χ3n) is 5.47. The monoisotopic (exact) mass is 406 g/mol. The van der Waals surface area contributed by atoms with Crippen molar-refractivity contribution in [1.82, 2.24) is 14.9 Å². The topological polar surface area (TPSA) is 59.4 Å². The molecule has 0 aliphatic carbocycles. The number of hydrogen-bond donors (Lipinski definition) is 1. The van der Waals surface area contributed by atoms with Crippen LogP contribution >= 0.6 is 0 Å². The predicted octanol–water partition coefficient (Wildman–Crippen LogP) is 4.73. The second-order valence-corrected chi connectivity index (χ2v) is 8.94. The molecule has 158 valence electrons. The smallest absolute Gasteiger partial charge is 0.407 e. The molecule has 1 fully saturated rings. The zero-order chi connectivity index (χ0) is 21.3. The van der Waals surface area contributed by atoms with Crippen molar-refractivity contribution >= 4 is 22.8 Å². The molecule has 2 aromatic carbocycles. The van der Waals surface area contributed by atoms with Gasteiger partial charge in [-0.05, 0) is 57.9 Å². The van der Waals surface area contributed by atoms with Crippen molar-refractivity contribution in [2.45, 2.75) is 45.3 Å². The molecular weight excluding hydrogens is 376 g/mol. The van der Waals surface area contributed by atoms with Gasteiger partial charge >= 0.3 is 6.09 Å². The van der Waals surface area contributed by atoms with Gasteiger partial charge in [0.15, 0.2) is 0 Å². The first-order valence-corrected chi connectivity index (χ1v) is 10.6. The van der Waals surface area contributed by atoms with E-state index in [-0.39, 0.29) is 12.1 Å². The molecule has 1 aliphatic rings. The lowest BCUT2D eigenvalue weighted by molar-refractivity contribution is 0.0497. The third-order valence-corrected chi connectivity index (χ3v) is 5.47. The second-order valence-electron chi connectivity index (χ2n) is 8.94. The molecule has 6 heteroatoms. The number of aromatic nitrogens is 2. The highest BCUT2D eigenvalue weighted by atomic mass is 16.6. The maximum absolute atomic E-state index is 12.0. The highest BCUT2D eigenvalue weighted by Crippen LogP contribution is 2.28. The number of nitrogens with zero attached hydrogens (tertiary/aromatic N) is 3. The first kappa shape index (κ1) is 20.3. The molecule has 4 rings (SSSR count). The van der Waals surface area contributed by atoms with E-state index in [0.29, 0.717) is 0 Å². The summed E-state index contributed by atoms with van der Waals surface area (Å²) in [4.78, 5) is 19.2. The number of imidazole rings is 1. The van der Waals surface area contributed by atoms with Crippen LogP contribution in [-0.4, -0.2) is 40.4 Å². The SMILES string of the molecule is Cn1c(-c2cccc(N3CCC(NC(=O)OC(C)(C)C)CC3)c2)nc2ccccc21. The Bertz CT molecular complexity index is 1040. The van der Waals surface area contributed by atoms with Gasteiger partial charge in [0.05, 0.1) is 11.0 Å². The minimum Gasteiger partial charge on any atom is -0.444 e. The molecule has 0 unspecified atom stereocenters. The van der Waals surface area contributed by atoms with Gasteiger partial charge in [-0.1, -0.05) is 24.3 Å². The number of amides is 1. The van der Waals surface area contributed by atoms with E-state index < -0.39 is 5.60 Å². The molecule has 2 heterocycles. The van der Waals surface area contributed by atoms with Gasteiger partial charge in [-0.15, -0.1) is 0 Å². The Morgan fingerprint density at radius 1 is 1.10 bits per heavy atom. The number of benzene rings is 2. The molecule has 0 spiro atoms. The maximum Gasteiger partial charge on any atom is 0.407 e. The third kappa shape index (κ3) is 4.42. The van der Waals surface area contributed by atoms with Gasteiger partial charge in [0, 0.05) is 37.4 Å². The van der Waals surface area contributed by atoms with Gasteiger partial charge in [0.1, 0.15) is 11.4 Å². The van der Waals surface area contributed by atoms with Crippen molar-refractivity contribution in [2.75, 3.05) is 18.0 Å². The molecule has 30 heavy (non-hydrogen) atoms. The molecule has 1 saturated heterocycles. The van der Waals surface area contributed by atoms with Crippen LogP contribution in [0, 0.1) is 0 Å². The van der Waals surface area contributed by atoms with Crippen molar-refractivity contribution < 1.29 is 9.53 Å². The van der Waals surface area contributed by atoms with Crippen molar-refractivity contribution in [3.63, 3.8) is 0 Å². The summed E-state index contributed by atoms with van der Waals surface area (Å²) >= 11 is 0. The van der Waals surface area contributed by atoms with Crippen LogP contribution in [0.3, 0.4) is 0 Å². The van der Waals surface area contributed by atoms with E-state index >= 15 is 0 Å². The summed E-state index contributed by atoms with van der Waals surface area (Å²) < 4.78 is 7.52. The highest BCUT2D eigenvalue weighted by Gasteiger charge is 2.24. The lowest BCUT2D eigenvalue weighted by atomic mass is 10.0. The Labute approximate surface area is 177 Å². The number of ether oxygens (including phenoxy) is 1. The van der Waals surface area contributed by atoms with Crippen LogP contribution in [0.15, 0.2) is 48.5 Å². The first-order valence-electron chi connectivity index (χ1n) is 10.6. The zero-order valence-electron chi connectivity index (χ0n) is 18.2. The maximum atomic E-state index is 12.0. The summed E-state index contributed by atoms with van der Waals surface area (Å²) in [6.45, 7) is 7.44. The highest BCUT2D eigenvalue weighted by molar-refractivity contribution is 5.81. The van der Waals surface area contributed by atoms with Crippen LogP contribution in [-0.2, 0) is 11.8 Å². The average Bonchev–Trinajstić information content (AvgIpc) is 3.04. The van der Waals surface area contributed by atoms with E-state index in [0.717, 1.165) is 48.4 Å². The molecule has 1 amide bonds. The Hall–Kier alpha value is -3.02. The number of carbonyl (C=O) groups is 1. The normalized spacial score (nSPS) is 15.4. The lowest BCUT2D eigenvalue weighted by Gasteiger charge is -2.34. The second kappa shape index (κ2) is 8.01. The largest absolute Gasteiger partial charge is 0.444 e. The molecule has 0 radical (unpaired) electrons. The summed E-state index contributed by atoms with van der Waals surface area (Å²) in [5.74, 6) is 0.972. The van der Waals surface area contributed by atoms with Crippen LogP contribution < -0.4 is 10.2 Å². The molecule has 1 aromatic heterocycles. The van der Waals surface area contributed by atoms with E-state index in [1.54, 1.807) is 0 Å². The fourth-order valence-corrected chi connectivity index (χ4v) is 4.00. The molecule has 1 N–H and O–H groups in total. The van der Waals surface area contributed by atoms with Crippen LogP contribution in [0.4, 0.5) is 10.5 Å². The molecule has 6 nitrogen and oxygen atoms in total. The molecule has 0 atom stereocenters. The Kier molecular flexibility index (Phi) is 5.41. The Morgan fingerprint density at radius 2 is 1.83 bits per heavy atom. The lowest BCUT2D eigenvalue weighted by Crippen LogP contribution is -2.46. The van der Waals surface area contributed by atoms with Crippen LogP contribution in [0.25, 0.3) is 22.4 Å². The Balaban J connectivity index is 1.44. The predicted molar refractivity (Wildman–Crippen MR) is 121 cm³/mol. The molecular formula is C24H30N4O2. The quantitative estimate of drug-likeness (QED) is 0.683. The van der Waals surface area contributed by atoms with Crippen LogP contribution in [0.5, 0.6) is 0 Å². The number of hydrogen-bond acceptors (Lipinski definition) is 4. The van der Waals surface area contributed by atoms with Gasteiger partial charge in [0.25, 0.3) is 0 Å². The summed E-state index contributed by atoms with van der Waals surface area (Å²) in [6, 6.07) is 16.9. The molecule has 0 saturated carbocycles. The number of rotatable bonds is 3. The fourth-order valence-electron chi connectivity index (χ4n) is 4.00. The summed E-state index contributed by atoms with van der Waals surface area (Å²) in [7, 11) is 2.06. The van der Waals surface area contributed by atoms with E-state index in [2.05, 4.69) is 52.2 Å². The number of piperidine rings is 1.